The Kier molecular flexibility index (Phi) is 5.59. The quantitative estimate of drug-likeness (QED) is 0.852. The number of aromatic nitrogens is 3. The number of benzene rings is 1. The standard InChI is InChI=1S/C18H24F3N7/c1-12(15-23-16(22)25-17(24-15)26(2)3)27-7-9-28(10-8-27)14-6-4-5-13(11-14)18(19,20)21/h4-6,11-12H,7-10H2,1-3H3,(H2,22,23,24,25)/t12-/m0/s1. The van der Waals surface area contributed by atoms with Crippen LogP contribution in [0.3, 0.4) is 0 Å². The first-order valence-electron chi connectivity index (χ1n) is 9.00. The van der Waals surface area contributed by atoms with E-state index in [1.165, 1.54) is 12.1 Å². The highest BCUT2D eigenvalue weighted by molar-refractivity contribution is 5.49. The van der Waals surface area contributed by atoms with Gasteiger partial charge >= 0.3 is 6.18 Å². The van der Waals surface area contributed by atoms with E-state index in [0.29, 0.717) is 43.6 Å². The number of nitrogens with two attached hydrogens (primary N) is 1. The van der Waals surface area contributed by atoms with E-state index in [2.05, 4.69) is 19.9 Å². The molecule has 10 heteroatoms. The number of piperazine rings is 1. The summed E-state index contributed by atoms with van der Waals surface area (Å²) in [7, 11) is 3.66. The molecular formula is C18H24F3N7. The third-order valence-electron chi connectivity index (χ3n) is 4.83. The zero-order chi connectivity index (χ0) is 20.5. The molecule has 0 radical (unpaired) electrons. The van der Waals surface area contributed by atoms with Crippen molar-refractivity contribution in [2.45, 2.75) is 19.1 Å². The maximum Gasteiger partial charge on any atom is 0.416 e. The molecule has 2 N–H and O–H groups in total. The van der Waals surface area contributed by atoms with Gasteiger partial charge in [-0.3, -0.25) is 4.90 Å². The van der Waals surface area contributed by atoms with Gasteiger partial charge in [-0.15, -0.1) is 0 Å². The molecule has 0 bridgehead atoms. The molecule has 2 aromatic rings. The molecule has 7 nitrogen and oxygen atoms in total. The van der Waals surface area contributed by atoms with Crippen molar-refractivity contribution in [3.8, 4) is 0 Å². The van der Waals surface area contributed by atoms with Gasteiger partial charge in [0.1, 0.15) is 0 Å². The zero-order valence-electron chi connectivity index (χ0n) is 16.1. The van der Waals surface area contributed by atoms with Gasteiger partial charge in [-0.1, -0.05) is 6.07 Å². The molecule has 152 valence electrons. The summed E-state index contributed by atoms with van der Waals surface area (Å²) in [6.07, 6.45) is -4.34. The van der Waals surface area contributed by atoms with Crippen molar-refractivity contribution in [2.75, 3.05) is 55.8 Å². The smallest absolute Gasteiger partial charge is 0.369 e. The van der Waals surface area contributed by atoms with Crippen LogP contribution >= 0.6 is 0 Å². The van der Waals surface area contributed by atoms with Gasteiger partial charge in [0.15, 0.2) is 5.82 Å². The fourth-order valence-electron chi connectivity index (χ4n) is 3.19. The van der Waals surface area contributed by atoms with Gasteiger partial charge in [0.05, 0.1) is 11.6 Å². The third-order valence-corrected chi connectivity index (χ3v) is 4.83. The number of hydrogen-bond acceptors (Lipinski definition) is 7. The maximum atomic E-state index is 13.0. The average Bonchev–Trinajstić information content (AvgIpc) is 2.66. The molecule has 0 amide bonds. The largest absolute Gasteiger partial charge is 0.416 e. The summed E-state index contributed by atoms with van der Waals surface area (Å²) in [5.74, 6) is 1.25. The van der Waals surface area contributed by atoms with Gasteiger partial charge in [0, 0.05) is 46.0 Å². The van der Waals surface area contributed by atoms with Crippen LogP contribution in [0, 0.1) is 0 Å². The minimum Gasteiger partial charge on any atom is -0.369 e. The first kappa shape index (κ1) is 20.1. The Hall–Kier alpha value is -2.62. The predicted octanol–water partition coefficient (Wildman–Crippen LogP) is 2.42. The summed E-state index contributed by atoms with van der Waals surface area (Å²) < 4.78 is 38.9. The number of rotatable bonds is 4. The second-order valence-corrected chi connectivity index (χ2v) is 6.99. The molecule has 1 aromatic carbocycles. The van der Waals surface area contributed by atoms with Crippen molar-refractivity contribution < 1.29 is 13.2 Å². The summed E-state index contributed by atoms with van der Waals surface area (Å²) in [6.45, 7) is 4.59. The molecule has 3 rings (SSSR count). The van der Waals surface area contributed by atoms with E-state index in [0.717, 1.165) is 6.07 Å². The third kappa shape index (κ3) is 4.44. The molecule has 0 spiro atoms. The summed E-state index contributed by atoms with van der Waals surface area (Å²) >= 11 is 0. The Morgan fingerprint density at radius 2 is 1.75 bits per heavy atom. The van der Waals surface area contributed by atoms with Gasteiger partial charge in [0.2, 0.25) is 11.9 Å². The summed E-state index contributed by atoms with van der Waals surface area (Å²) in [5.41, 5.74) is 5.76. The SMILES string of the molecule is C[C@@H](c1nc(N)nc(N(C)C)n1)N1CCN(c2cccc(C(F)(F)F)c2)CC1. The Morgan fingerprint density at radius 1 is 1.07 bits per heavy atom. The van der Waals surface area contributed by atoms with Crippen LogP contribution in [0.1, 0.15) is 24.4 Å². The number of alkyl halides is 3. The van der Waals surface area contributed by atoms with Crippen LogP contribution in [0.4, 0.5) is 30.8 Å². The first-order valence-corrected chi connectivity index (χ1v) is 9.00. The van der Waals surface area contributed by atoms with Crippen molar-refractivity contribution in [2.24, 2.45) is 0 Å². The number of hydrogen-bond donors (Lipinski definition) is 1. The average molecular weight is 395 g/mol. The number of anilines is 3. The fourth-order valence-corrected chi connectivity index (χ4v) is 3.19. The maximum absolute atomic E-state index is 13.0. The van der Waals surface area contributed by atoms with E-state index >= 15 is 0 Å². The van der Waals surface area contributed by atoms with Gasteiger partial charge in [-0.2, -0.15) is 28.1 Å². The number of halogens is 3. The van der Waals surface area contributed by atoms with Crippen LogP contribution in [-0.2, 0) is 6.18 Å². The van der Waals surface area contributed by atoms with Crippen molar-refractivity contribution in [1.82, 2.24) is 19.9 Å². The monoisotopic (exact) mass is 395 g/mol. The van der Waals surface area contributed by atoms with Gasteiger partial charge < -0.3 is 15.5 Å². The lowest BCUT2D eigenvalue weighted by molar-refractivity contribution is -0.137. The van der Waals surface area contributed by atoms with Crippen molar-refractivity contribution >= 4 is 17.6 Å². The van der Waals surface area contributed by atoms with Gasteiger partial charge in [-0.25, -0.2) is 0 Å². The lowest BCUT2D eigenvalue weighted by Crippen LogP contribution is -2.47. The Bertz CT molecular complexity index is 817. The number of nitrogen functional groups attached to an aromatic ring is 1. The van der Waals surface area contributed by atoms with Gasteiger partial charge in [-0.05, 0) is 25.1 Å². The summed E-state index contributed by atoms with van der Waals surface area (Å²) in [4.78, 5) is 18.7. The molecule has 0 aliphatic carbocycles. The lowest BCUT2D eigenvalue weighted by Gasteiger charge is -2.38. The Balaban J connectivity index is 1.69. The van der Waals surface area contributed by atoms with E-state index in [1.54, 1.807) is 11.0 Å². The molecular weight excluding hydrogens is 371 g/mol. The highest BCUT2D eigenvalue weighted by Crippen LogP contribution is 2.32. The molecule has 0 unspecified atom stereocenters. The van der Waals surface area contributed by atoms with Crippen molar-refractivity contribution in [3.05, 3.63) is 35.7 Å². The molecule has 1 atom stereocenters. The zero-order valence-corrected chi connectivity index (χ0v) is 16.1. The Morgan fingerprint density at radius 3 is 2.36 bits per heavy atom. The number of nitrogens with zero attached hydrogens (tertiary/aromatic N) is 6. The van der Waals surface area contributed by atoms with Crippen LogP contribution in [0.25, 0.3) is 0 Å². The van der Waals surface area contributed by atoms with Crippen LogP contribution < -0.4 is 15.5 Å². The van der Waals surface area contributed by atoms with E-state index in [-0.39, 0.29) is 12.0 Å². The molecule has 1 fully saturated rings. The normalized spacial score (nSPS) is 16.9. The summed E-state index contributed by atoms with van der Waals surface area (Å²) in [6, 6.07) is 5.38. The lowest BCUT2D eigenvalue weighted by atomic mass is 10.1. The minimum atomic E-state index is -4.34. The van der Waals surface area contributed by atoms with Gasteiger partial charge in [0.25, 0.3) is 0 Å². The summed E-state index contributed by atoms with van der Waals surface area (Å²) in [5, 5.41) is 0. The second-order valence-electron chi connectivity index (χ2n) is 6.99. The Labute approximate surface area is 162 Å². The molecule has 2 heterocycles. The topological polar surface area (TPSA) is 74.4 Å². The highest BCUT2D eigenvalue weighted by atomic mass is 19.4. The molecule has 0 saturated carbocycles. The molecule has 1 aliphatic heterocycles. The second kappa shape index (κ2) is 7.78. The molecule has 1 saturated heterocycles. The van der Waals surface area contributed by atoms with Crippen LogP contribution in [0.2, 0.25) is 0 Å². The molecule has 1 aliphatic rings. The van der Waals surface area contributed by atoms with E-state index in [9.17, 15) is 13.2 Å². The molecule has 1 aromatic heterocycles. The van der Waals surface area contributed by atoms with Crippen LogP contribution in [0.5, 0.6) is 0 Å². The van der Waals surface area contributed by atoms with Crippen molar-refractivity contribution in [3.63, 3.8) is 0 Å². The first-order chi connectivity index (χ1) is 13.1. The van der Waals surface area contributed by atoms with E-state index < -0.39 is 11.7 Å². The van der Waals surface area contributed by atoms with Crippen molar-refractivity contribution in [1.29, 1.82) is 0 Å². The molecule has 28 heavy (non-hydrogen) atoms. The minimum absolute atomic E-state index is 0.0762. The predicted molar refractivity (Wildman–Crippen MR) is 102 cm³/mol. The van der Waals surface area contributed by atoms with E-state index in [1.807, 2.05) is 25.9 Å². The fraction of sp³-hybridized carbons (Fsp3) is 0.500. The van der Waals surface area contributed by atoms with Crippen LogP contribution in [-0.4, -0.2) is 60.1 Å². The van der Waals surface area contributed by atoms with E-state index in [4.69, 9.17) is 5.73 Å². The highest BCUT2D eigenvalue weighted by Gasteiger charge is 2.31. The van der Waals surface area contributed by atoms with Crippen LogP contribution in [0.15, 0.2) is 24.3 Å².